The van der Waals surface area contributed by atoms with E-state index in [0.29, 0.717) is 6.42 Å². The molecule has 0 heterocycles. The summed E-state index contributed by atoms with van der Waals surface area (Å²) in [6.07, 6.45) is -0.433. The molecule has 0 spiro atoms. The topological polar surface area (TPSA) is 46.5 Å². The summed E-state index contributed by atoms with van der Waals surface area (Å²) in [6, 6.07) is 6.06. The molecule has 0 fully saturated rings. The highest BCUT2D eigenvalue weighted by Gasteiger charge is 2.20. The third kappa shape index (κ3) is 4.19. The summed E-state index contributed by atoms with van der Waals surface area (Å²) in [5.41, 5.74) is 3.28. The number of ether oxygens (including phenoxy) is 1. The van der Waals surface area contributed by atoms with Crippen molar-refractivity contribution in [2.24, 2.45) is 0 Å². The number of aliphatic carboxylic acids is 1. The number of benzene rings is 1. The van der Waals surface area contributed by atoms with E-state index in [1.807, 2.05) is 45.9 Å². The highest BCUT2D eigenvalue weighted by molar-refractivity contribution is 5.72. The summed E-state index contributed by atoms with van der Waals surface area (Å²) in [5, 5.41) is 9.12. The van der Waals surface area contributed by atoms with Crippen molar-refractivity contribution in [1.82, 2.24) is 0 Å². The maximum atomic E-state index is 11.1. The molecular weight excluding hydrogens is 216 g/mol. The number of hydrogen-bond donors (Lipinski definition) is 1. The molecule has 0 saturated carbocycles. The minimum absolute atomic E-state index is 0.0822. The van der Waals surface area contributed by atoms with Crippen LogP contribution >= 0.6 is 0 Å². The first-order chi connectivity index (χ1) is 7.90. The number of aryl methyl sites for hydroxylation is 2. The van der Waals surface area contributed by atoms with Crippen LogP contribution in [0.2, 0.25) is 0 Å². The minimum Gasteiger partial charge on any atom is -0.479 e. The summed E-state index contributed by atoms with van der Waals surface area (Å²) in [4.78, 5) is 11.1. The van der Waals surface area contributed by atoms with E-state index in [0.717, 1.165) is 16.7 Å². The average molecular weight is 236 g/mol. The second-order valence-corrected chi connectivity index (χ2v) is 4.65. The van der Waals surface area contributed by atoms with Gasteiger partial charge in [-0.05, 0) is 38.8 Å². The fourth-order valence-electron chi connectivity index (χ4n) is 1.74. The average Bonchev–Trinajstić information content (AvgIpc) is 2.21. The van der Waals surface area contributed by atoms with E-state index in [2.05, 4.69) is 0 Å². The highest BCUT2D eigenvalue weighted by atomic mass is 16.5. The Kier molecular flexibility index (Phi) is 4.70. The summed E-state index contributed by atoms with van der Waals surface area (Å²) in [7, 11) is 0. The maximum absolute atomic E-state index is 11.1. The predicted molar refractivity (Wildman–Crippen MR) is 67.3 cm³/mol. The second-order valence-electron chi connectivity index (χ2n) is 4.65. The lowest BCUT2D eigenvalue weighted by molar-refractivity contribution is -0.153. The number of carboxylic acid groups (broad SMARTS) is 1. The monoisotopic (exact) mass is 236 g/mol. The molecule has 1 aromatic carbocycles. The molecule has 1 rings (SSSR count). The number of carbonyl (C=O) groups is 1. The van der Waals surface area contributed by atoms with Crippen LogP contribution in [0.15, 0.2) is 18.2 Å². The van der Waals surface area contributed by atoms with Crippen molar-refractivity contribution in [2.45, 2.75) is 46.3 Å². The van der Waals surface area contributed by atoms with Crippen LogP contribution in [0.1, 0.15) is 30.5 Å². The van der Waals surface area contributed by atoms with Gasteiger partial charge >= 0.3 is 5.97 Å². The molecule has 1 atom stereocenters. The first-order valence-corrected chi connectivity index (χ1v) is 5.84. The molecule has 0 unspecified atom stereocenters. The van der Waals surface area contributed by atoms with Crippen molar-refractivity contribution in [2.75, 3.05) is 0 Å². The SMILES string of the molecule is Cc1ccc(C)c(C[C@@H](OC(C)C)C(=O)O)c1. The number of hydrogen-bond acceptors (Lipinski definition) is 2. The van der Waals surface area contributed by atoms with Gasteiger partial charge in [0.15, 0.2) is 6.10 Å². The quantitative estimate of drug-likeness (QED) is 0.855. The molecule has 3 heteroatoms. The zero-order chi connectivity index (χ0) is 13.0. The van der Waals surface area contributed by atoms with Gasteiger partial charge < -0.3 is 9.84 Å². The van der Waals surface area contributed by atoms with Gasteiger partial charge in [-0.3, -0.25) is 0 Å². The summed E-state index contributed by atoms with van der Waals surface area (Å²) >= 11 is 0. The molecule has 0 radical (unpaired) electrons. The van der Waals surface area contributed by atoms with Crippen molar-refractivity contribution in [1.29, 1.82) is 0 Å². The molecule has 3 nitrogen and oxygen atoms in total. The predicted octanol–water partition coefficient (Wildman–Crippen LogP) is 2.72. The zero-order valence-electron chi connectivity index (χ0n) is 10.9. The molecule has 0 bridgehead atoms. The lowest BCUT2D eigenvalue weighted by atomic mass is 10.00. The van der Waals surface area contributed by atoms with Gasteiger partial charge in [0.2, 0.25) is 0 Å². The Labute approximate surface area is 102 Å². The smallest absolute Gasteiger partial charge is 0.333 e. The van der Waals surface area contributed by atoms with Crippen molar-refractivity contribution < 1.29 is 14.6 Å². The maximum Gasteiger partial charge on any atom is 0.333 e. The van der Waals surface area contributed by atoms with Gasteiger partial charge in [0.05, 0.1) is 6.10 Å². The van der Waals surface area contributed by atoms with Gasteiger partial charge in [0, 0.05) is 6.42 Å². The Hall–Kier alpha value is -1.35. The van der Waals surface area contributed by atoms with Gasteiger partial charge in [-0.15, -0.1) is 0 Å². The molecule has 17 heavy (non-hydrogen) atoms. The van der Waals surface area contributed by atoms with Gasteiger partial charge in [0.1, 0.15) is 0 Å². The first kappa shape index (κ1) is 13.7. The normalized spacial score (nSPS) is 12.8. The van der Waals surface area contributed by atoms with Gasteiger partial charge in [-0.1, -0.05) is 23.8 Å². The standard InChI is InChI=1S/C14H20O3/c1-9(2)17-13(14(15)16)8-12-7-10(3)5-6-11(12)4/h5-7,9,13H,8H2,1-4H3,(H,15,16)/t13-/m1/s1. The van der Waals surface area contributed by atoms with E-state index in [1.54, 1.807) is 0 Å². The molecular formula is C14H20O3. The van der Waals surface area contributed by atoms with E-state index < -0.39 is 12.1 Å². The molecule has 0 saturated heterocycles. The summed E-state index contributed by atoms with van der Waals surface area (Å²) in [6.45, 7) is 7.68. The molecule has 0 aliphatic carbocycles. The lowest BCUT2D eigenvalue weighted by Gasteiger charge is -2.17. The van der Waals surface area contributed by atoms with Crippen LogP contribution < -0.4 is 0 Å². The van der Waals surface area contributed by atoms with Crippen LogP contribution in [0.4, 0.5) is 0 Å². The number of rotatable bonds is 5. The molecule has 1 N–H and O–H groups in total. The summed E-state index contributed by atoms with van der Waals surface area (Å²) < 4.78 is 5.41. The Bertz CT molecular complexity index is 396. The Morgan fingerprint density at radius 2 is 2.00 bits per heavy atom. The van der Waals surface area contributed by atoms with Crippen LogP contribution in [0, 0.1) is 13.8 Å². The van der Waals surface area contributed by atoms with Crippen LogP contribution in [0.5, 0.6) is 0 Å². The van der Waals surface area contributed by atoms with Crippen molar-refractivity contribution in [3.8, 4) is 0 Å². The molecule has 94 valence electrons. The first-order valence-electron chi connectivity index (χ1n) is 5.84. The lowest BCUT2D eigenvalue weighted by Crippen LogP contribution is -2.29. The van der Waals surface area contributed by atoms with E-state index in [1.165, 1.54) is 0 Å². The van der Waals surface area contributed by atoms with Crippen molar-refractivity contribution in [3.63, 3.8) is 0 Å². The fourth-order valence-corrected chi connectivity index (χ4v) is 1.74. The Morgan fingerprint density at radius 1 is 1.35 bits per heavy atom. The Balaban J connectivity index is 2.85. The van der Waals surface area contributed by atoms with Crippen LogP contribution in [-0.4, -0.2) is 23.3 Å². The van der Waals surface area contributed by atoms with Crippen molar-refractivity contribution in [3.05, 3.63) is 34.9 Å². The zero-order valence-corrected chi connectivity index (χ0v) is 10.9. The van der Waals surface area contributed by atoms with E-state index in [4.69, 9.17) is 9.84 Å². The van der Waals surface area contributed by atoms with Crippen LogP contribution in [-0.2, 0) is 16.0 Å². The van der Waals surface area contributed by atoms with E-state index >= 15 is 0 Å². The van der Waals surface area contributed by atoms with Crippen molar-refractivity contribution >= 4 is 5.97 Å². The molecule has 0 amide bonds. The molecule has 1 aromatic rings. The third-order valence-electron chi connectivity index (χ3n) is 2.62. The van der Waals surface area contributed by atoms with E-state index in [-0.39, 0.29) is 6.10 Å². The molecule has 0 aliphatic rings. The van der Waals surface area contributed by atoms with Gasteiger partial charge in [-0.25, -0.2) is 4.79 Å². The van der Waals surface area contributed by atoms with E-state index in [9.17, 15) is 4.79 Å². The molecule has 0 aromatic heterocycles. The molecule has 0 aliphatic heterocycles. The van der Waals surface area contributed by atoms with Crippen LogP contribution in [0.3, 0.4) is 0 Å². The largest absolute Gasteiger partial charge is 0.479 e. The minimum atomic E-state index is -0.903. The van der Waals surface area contributed by atoms with Gasteiger partial charge in [-0.2, -0.15) is 0 Å². The van der Waals surface area contributed by atoms with Crippen LogP contribution in [0.25, 0.3) is 0 Å². The fraction of sp³-hybridized carbons (Fsp3) is 0.500. The van der Waals surface area contributed by atoms with Gasteiger partial charge in [0.25, 0.3) is 0 Å². The summed E-state index contributed by atoms with van der Waals surface area (Å²) in [5.74, 6) is -0.903. The number of carboxylic acids is 1. The second kappa shape index (κ2) is 5.82. The highest BCUT2D eigenvalue weighted by Crippen LogP contribution is 2.15. The Morgan fingerprint density at radius 3 is 2.53 bits per heavy atom. The third-order valence-corrected chi connectivity index (χ3v) is 2.62.